The van der Waals surface area contributed by atoms with Crippen molar-refractivity contribution in [2.24, 2.45) is 0 Å². The maximum absolute atomic E-state index is 10.3. The Balaban J connectivity index is 1.66. The number of hydrogen-bond donors (Lipinski definition) is 4. The molecule has 4 rings (SSSR count). The van der Waals surface area contributed by atoms with Crippen molar-refractivity contribution in [3.05, 3.63) is 48.5 Å². The van der Waals surface area contributed by atoms with Gasteiger partial charge in [0.1, 0.15) is 24.6 Å². The number of rotatable bonds is 7. The Morgan fingerprint density at radius 3 is 2.62 bits per heavy atom. The van der Waals surface area contributed by atoms with Gasteiger partial charge in [-0.25, -0.2) is 15.0 Å². The first-order chi connectivity index (χ1) is 14.1. The Morgan fingerprint density at radius 2 is 1.93 bits per heavy atom. The molecule has 0 bridgehead atoms. The first-order valence-electron chi connectivity index (χ1n) is 9.75. The fourth-order valence-corrected chi connectivity index (χ4v) is 3.71. The topological polar surface area (TPSA) is 126 Å². The van der Waals surface area contributed by atoms with Crippen LogP contribution in [-0.4, -0.2) is 59.8 Å². The van der Waals surface area contributed by atoms with Crippen molar-refractivity contribution >= 4 is 17.0 Å². The molecule has 0 amide bonds. The van der Waals surface area contributed by atoms with Gasteiger partial charge in [-0.1, -0.05) is 43.7 Å². The van der Waals surface area contributed by atoms with Crippen LogP contribution in [0.3, 0.4) is 0 Å². The quantitative estimate of drug-likeness (QED) is 0.470. The van der Waals surface area contributed by atoms with Gasteiger partial charge >= 0.3 is 0 Å². The van der Waals surface area contributed by atoms with Crippen LogP contribution in [0.4, 0.5) is 5.82 Å². The molecule has 0 aliphatic carbocycles. The maximum Gasteiger partial charge on any atom is 0.167 e. The molecule has 1 aliphatic rings. The number of nitrogens with one attached hydrogen (secondary N) is 1. The van der Waals surface area contributed by atoms with Gasteiger partial charge in [0.05, 0.1) is 19.0 Å². The van der Waals surface area contributed by atoms with Crippen LogP contribution >= 0.6 is 0 Å². The summed E-state index contributed by atoms with van der Waals surface area (Å²) in [6, 6.07) is 10.2. The largest absolute Gasteiger partial charge is 0.394 e. The van der Waals surface area contributed by atoms with E-state index in [2.05, 4.69) is 39.3 Å². The van der Waals surface area contributed by atoms with Crippen molar-refractivity contribution in [3.8, 4) is 0 Å². The van der Waals surface area contributed by atoms with Crippen LogP contribution < -0.4 is 5.32 Å². The van der Waals surface area contributed by atoms with Gasteiger partial charge in [0.15, 0.2) is 23.2 Å². The average molecular weight is 399 g/mol. The lowest BCUT2D eigenvalue weighted by Crippen LogP contribution is -2.33. The van der Waals surface area contributed by atoms with E-state index in [0.717, 1.165) is 18.4 Å². The van der Waals surface area contributed by atoms with Gasteiger partial charge in [0.25, 0.3) is 0 Å². The minimum Gasteiger partial charge on any atom is -0.394 e. The molecule has 0 spiro atoms. The highest BCUT2D eigenvalue weighted by Crippen LogP contribution is 2.33. The second-order valence-corrected chi connectivity index (χ2v) is 7.17. The van der Waals surface area contributed by atoms with Crippen LogP contribution in [0, 0.1) is 0 Å². The van der Waals surface area contributed by atoms with Crippen molar-refractivity contribution in [3.63, 3.8) is 0 Å². The molecule has 0 saturated carbocycles. The summed E-state index contributed by atoms with van der Waals surface area (Å²) < 4.78 is 7.17. The molecule has 3 heterocycles. The van der Waals surface area contributed by atoms with Crippen molar-refractivity contribution in [2.75, 3.05) is 11.9 Å². The number of imidazole rings is 1. The molecule has 3 aromatic rings. The molecule has 29 heavy (non-hydrogen) atoms. The second kappa shape index (κ2) is 8.42. The molecule has 0 radical (unpaired) electrons. The predicted molar refractivity (Wildman–Crippen MR) is 106 cm³/mol. The van der Waals surface area contributed by atoms with Crippen molar-refractivity contribution in [2.45, 2.75) is 50.3 Å². The number of anilines is 1. The molecule has 1 fully saturated rings. The molecular weight excluding hydrogens is 374 g/mol. The van der Waals surface area contributed by atoms with Gasteiger partial charge in [-0.05, 0) is 12.0 Å². The number of ether oxygens (including phenoxy) is 1. The second-order valence-electron chi connectivity index (χ2n) is 7.17. The Kier molecular flexibility index (Phi) is 5.72. The molecule has 4 N–H and O–H groups in total. The highest BCUT2D eigenvalue weighted by Gasteiger charge is 2.44. The van der Waals surface area contributed by atoms with Crippen LogP contribution in [0.25, 0.3) is 11.2 Å². The average Bonchev–Trinajstić information content (AvgIpc) is 3.30. The van der Waals surface area contributed by atoms with Crippen LogP contribution in [0.5, 0.6) is 0 Å². The van der Waals surface area contributed by atoms with Gasteiger partial charge in [-0.3, -0.25) is 4.57 Å². The van der Waals surface area contributed by atoms with Crippen molar-refractivity contribution in [1.29, 1.82) is 0 Å². The Bertz CT molecular complexity index is 950. The van der Waals surface area contributed by atoms with E-state index in [-0.39, 0.29) is 12.6 Å². The van der Waals surface area contributed by atoms with Crippen molar-refractivity contribution < 1.29 is 20.1 Å². The number of nitrogens with zero attached hydrogens (tertiary/aromatic N) is 4. The standard InChI is InChI=1S/C20H25N5O4/c1-2-6-13(12-7-4-3-5-8-12)24-18-15-19(22-10-21-18)25(11-23-15)20-17(28)16(27)14(9-26)29-20/h3-5,7-8,10-11,13-14,16-17,20,26-28H,2,6,9H2,1H3,(H,21,22,24)/t13-,14-,16+,17+,20-/m1/s1. The zero-order valence-electron chi connectivity index (χ0n) is 16.1. The van der Waals surface area contributed by atoms with E-state index in [1.165, 1.54) is 12.7 Å². The highest BCUT2D eigenvalue weighted by atomic mass is 16.6. The lowest BCUT2D eigenvalue weighted by Gasteiger charge is -2.20. The fraction of sp³-hybridized carbons (Fsp3) is 0.450. The van der Waals surface area contributed by atoms with E-state index in [4.69, 9.17) is 4.74 Å². The third-order valence-corrected chi connectivity index (χ3v) is 5.24. The lowest BCUT2D eigenvalue weighted by atomic mass is 10.0. The van der Waals surface area contributed by atoms with Gasteiger partial charge < -0.3 is 25.4 Å². The molecule has 2 aromatic heterocycles. The number of aliphatic hydroxyl groups excluding tert-OH is 3. The highest BCUT2D eigenvalue weighted by molar-refractivity contribution is 5.83. The van der Waals surface area contributed by atoms with Gasteiger partial charge in [-0.15, -0.1) is 0 Å². The van der Waals surface area contributed by atoms with E-state index >= 15 is 0 Å². The Hall–Kier alpha value is -2.59. The minimum atomic E-state index is -1.20. The first-order valence-corrected chi connectivity index (χ1v) is 9.75. The normalized spacial score (nSPS) is 25.4. The van der Waals surface area contributed by atoms with E-state index in [9.17, 15) is 15.3 Å². The smallest absolute Gasteiger partial charge is 0.167 e. The molecule has 5 atom stereocenters. The molecule has 0 unspecified atom stereocenters. The zero-order valence-corrected chi connectivity index (χ0v) is 16.1. The fourth-order valence-electron chi connectivity index (χ4n) is 3.71. The van der Waals surface area contributed by atoms with Crippen molar-refractivity contribution in [1.82, 2.24) is 19.5 Å². The number of fused-ring (bicyclic) bond motifs is 1. The molecule has 154 valence electrons. The lowest BCUT2D eigenvalue weighted by molar-refractivity contribution is -0.0511. The van der Waals surface area contributed by atoms with E-state index in [1.807, 2.05) is 18.2 Å². The Labute approximate surface area is 168 Å². The van der Waals surface area contributed by atoms with Crippen LogP contribution in [0.2, 0.25) is 0 Å². The number of aliphatic hydroxyl groups is 3. The van der Waals surface area contributed by atoms with Crippen LogP contribution in [0.15, 0.2) is 43.0 Å². The monoisotopic (exact) mass is 399 g/mol. The van der Waals surface area contributed by atoms with Gasteiger partial charge in [0, 0.05) is 0 Å². The molecule has 1 saturated heterocycles. The van der Waals surface area contributed by atoms with Gasteiger partial charge in [0.2, 0.25) is 0 Å². The summed E-state index contributed by atoms with van der Waals surface area (Å²) in [6.07, 6.45) is 0.708. The summed E-state index contributed by atoms with van der Waals surface area (Å²) in [6.45, 7) is 1.74. The number of aromatic nitrogens is 4. The summed E-state index contributed by atoms with van der Waals surface area (Å²) in [5.41, 5.74) is 2.17. The third-order valence-electron chi connectivity index (χ3n) is 5.24. The predicted octanol–water partition coefficient (Wildman–Crippen LogP) is 1.39. The summed E-state index contributed by atoms with van der Waals surface area (Å²) >= 11 is 0. The first kappa shape index (κ1) is 19.7. The maximum atomic E-state index is 10.3. The molecule has 9 heteroatoms. The number of benzene rings is 1. The molecule has 9 nitrogen and oxygen atoms in total. The van der Waals surface area contributed by atoms with E-state index in [1.54, 1.807) is 4.57 Å². The Morgan fingerprint density at radius 1 is 1.14 bits per heavy atom. The molecule has 1 aromatic carbocycles. The summed E-state index contributed by atoms with van der Waals surface area (Å²) in [7, 11) is 0. The van der Waals surface area contributed by atoms with Crippen LogP contribution in [0.1, 0.15) is 37.6 Å². The molecule has 1 aliphatic heterocycles. The zero-order chi connectivity index (χ0) is 20.4. The number of hydrogen-bond acceptors (Lipinski definition) is 8. The SMILES string of the molecule is CCC[C@@H](Nc1ncnc2c1ncn2[C@@H]1O[C@H](CO)[C@H](O)[C@@H]1O)c1ccccc1. The van der Waals surface area contributed by atoms with Crippen LogP contribution in [-0.2, 0) is 4.74 Å². The minimum absolute atomic E-state index is 0.0679. The summed E-state index contributed by atoms with van der Waals surface area (Å²) in [5, 5.41) is 33.2. The summed E-state index contributed by atoms with van der Waals surface area (Å²) in [5.74, 6) is 0.586. The van der Waals surface area contributed by atoms with E-state index < -0.39 is 24.5 Å². The van der Waals surface area contributed by atoms with Gasteiger partial charge in [-0.2, -0.15) is 0 Å². The third kappa shape index (κ3) is 3.69. The molecular formula is C20H25N5O4. The summed E-state index contributed by atoms with van der Waals surface area (Å²) in [4.78, 5) is 13.1. The van der Waals surface area contributed by atoms with E-state index in [0.29, 0.717) is 17.0 Å².